The van der Waals surface area contributed by atoms with Gasteiger partial charge in [0.1, 0.15) is 11.6 Å². The van der Waals surface area contributed by atoms with Crippen molar-refractivity contribution in [3.05, 3.63) is 78.6 Å². The van der Waals surface area contributed by atoms with Crippen molar-refractivity contribution in [1.29, 1.82) is 0 Å². The van der Waals surface area contributed by atoms with Crippen molar-refractivity contribution in [3.8, 4) is 16.9 Å². The Labute approximate surface area is 151 Å². The molecule has 0 spiro atoms. The second kappa shape index (κ2) is 6.72. The number of hydrogen-bond acceptors (Lipinski definition) is 4. The van der Waals surface area contributed by atoms with Crippen LogP contribution in [0.4, 0.5) is 11.5 Å². The minimum atomic E-state index is -0.180. The average Bonchev–Trinajstić information content (AvgIpc) is 3.01. The Morgan fingerprint density at radius 2 is 1.81 bits per heavy atom. The van der Waals surface area contributed by atoms with Crippen LogP contribution in [0.2, 0.25) is 0 Å². The highest BCUT2D eigenvalue weighted by Crippen LogP contribution is 2.34. The van der Waals surface area contributed by atoms with Gasteiger partial charge in [-0.3, -0.25) is 4.79 Å². The largest absolute Gasteiger partial charge is 0.495 e. The predicted octanol–water partition coefficient (Wildman–Crippen LogP) is 4.16. The zero-order valence-electron chi connectivity index (χ0n) is 14.2. The lowest BCUT2D eigenvalue weighted by Crippen LogP contribution is -2.05. The molecule has 0 bridgehead atoms. The van der Waals surface area contributed by atoms with Gasteiger partial charge in [0.05, 0.1) is 18.4 Å². The highest BCUT2D eigenvalue weighted by atomic mass is 16.5. The highest BCUT2D eigenvalue weighted by molar-refractivity contribution is 6.31. The van der Waals surface area contributed by atoms with E-state index in [4.69, 9.17) is 4.74 Å². The number of ether oxygens (including phenoxy) is 1. The number of carbonyl (C=O) groups is 1. The molecule has 4 rings (SSSR count). The number of amides is 1. The molecule has 0 radical (unpaired) electrons. The second-order valence-electron chi connectivity index (χ2n) is 5.84. The molecule has 128 valence electrons. The van der Waals surface area contributed by atoms with Gasteiger partial charge in [0.15, 0.2) is 0 Å². The van der Waals surface area contributed by atoms with Gasteiger partial charge in [-0.25, -0.2) is 4.98 Å². The molecule has 2 aromatic carbocycles. The van der Waals surface area contributed by atoms with E-state index in [1.165, 1.54) is 0 Å². The van der Waals surface area contributed by atoms with Crippen LogP contribution < -0.4 is 15.4 Å². The number of pyridine rings is 1. The van der Waals surface area contributed by atoms with Crippen LogP contribution in [0.25, 0.3) is 16.7 Å². The number of methoxy groups -OCH3 is 1. The minimum absolute atomic E-state index is 0.180. The Bertz CT molecular complexity index is 997. The van der Waals surface area contributed by atoms with E-state index >= 15 is 0 Å². The van der Waals surface area contributed by atoms with Gasteiger partial charge in [0, 0.05) is 23.5 Å². The van der Waals surface area contributed by atoms with Crippen molar-refractivity contribution in [1.82, 2.24) is 4.98 Å². The number of benzene rings is 2. The standard InChI is InChI=1S/C21H17N3O2/c1-26-19-10-6-5-9-18(19)22-13-17-16-11-15(14-7-3-2-4-8-14)12-23-20(16)24-21(17)25/h2-13,22H,1H3,(H,23,24,25)/b17-13-. The van der Waals surface area contributed by atoms with Gasteiger partial charge in [-0.2, -0.15) is 0 Å². The zero-order valence-corrected chi connectivity index (χ0v) is 14.2. The lowest BCUT2D eigenvalue weighted by molar-refractivity contribution is -0.110. The Hall–Kier alpha value is -3.60. The molecular formula is C21H17N3O2. The third-order valence-corrected chi connectivity index (χ3v) is 4.24. The van der Waals surface area contributed by atoms with Crippen LogP contribution in [-0.4, -0.2) is 18.0 Å². The maximum Gasteiger partial charge on any atom is 0.259 e. The number of para-hydroxylation sites is 2. The third-order valence-electron chi connectivity index (χ3n) is 4.24. The summed E-state index contributed by atoms with van der Waals surface area (Å²) in [5.41, 5.74) is 4.12. The number of aromatic nitrogens is 1. The van der Waals surface area contributed by atoms with Gasteiger partial charge in [0.2, 0.25) is 0 Å². The molecule has 3 aromatic rings. The predicted molar refractivity (Wildman–Crippen MR) is 103 cm³/mol. The second-order valence-corrected chi connectivity index (χ2v) is 5.84. The number of nitrogens with zero attached hydrogens (tertiary/aromatic N) is 1. The maximum atomic E-state index is 12.4. The van der Waals surface area contributed by atoms with E-state index in [1.807, 2.05) is 60.7 Å². The van der Waals surface area contributed by atoms with E-state index in [9.17, 15) is 4.79 Å². The van der Waals surface area contributed by atoms with E-state index < -0.39 is 0 Å². The number of rotatable bonds is 4. The first kappa shape index (κ1) is 15.9. The van der Waals surface area contributed by atoms with Crippen LogP contribution in [0.15, 0.2) is 73.1 Å². The summed E-state index contributed by atoms with van der Waals surface area (Å²) >= 11 is 0. The topological polar surface area (TPSA) is 63.2 Å². The van der Waals surface area contributed by atoms with Crippen molar-refractivity contribution in [2.75, 3.05) is 17.7 Å². The summed E-state index contributed by atoms with van der Waals surface area (Å²) < 4.78 is 5.33. The Balaban J connectivity index is 1.70. The summed E-state index contributed by atoms with van der Waals surface area (Å²) in [6.45, 7) is 0. The molecule has 0 fully saturated rings. The van der Waals surface area contributed by atoms with Crippen molar-refractivity contribution in [3.63, 3.8) is 0 Å². The summed E-state index contributed by atoms with van der Waals surface area (Å²) in [5, 5.41) is 5.96. The fourth-order valence-corrected chi connectivity index (χ4v) is 2.91. The fraction of sp³-hybridized carbons (Fsp3) is 0.0476. The minimum Gasteiger partial charge on any atom is -0.495 e. The van der Waals surface area contributed by atoms with E-state index in [0.717, 1.165) is 22.4 Å². The average molecular weight is 343 g/mol. The molecule has 1 aromatic heterocycles. The first-order chi connectivity index (χ1) is 12.8. The molecule has 0 saturated heterocycles. The SMILES string of the molecule is COc1ccccc1N/C=C1\C(=O)Nc2ncc(-c3ccccc3)cc21. The molecule has 0 saturated carbocycles. The molecule has 0 aliphatic carbocycles. The Kier molecular flexibility index (Phi) is 4.11. The molecular weight excluding hydrogens is 326 g/mol. The van der Waals surface area contributed by atoms with Crippen LogP contribution >= 0.6 is 0 Å². The van der Waals surface area contributed by atoms with Crippen LogP contribution in [-0.2, 0) is 4.79 Å². The van der Waals surface area contributed by atoms with Gasteiger partial charge in [-0.05, 0) is 23.8 Å². The van der Waals surface area contributed by atoms with Crippen LogP contribution in [0.3, 0.4) is 0 Å². The van der Waals surface area contributed by atoms with Crippen molar-refractivity contribution >= 4 is 23.0 Å². The molecule has 1 amide bonds. The molecule has 2 heterocycles. The zero-order chi connectivity index (χ0) is 17.9. The number of fused-ring (bicyclic) bond motifs is 1. The Morgan fingerprint density at radius 3 is 2.62 bits per heavy atom. The lowest BCUT2D eigenvalue weighted by atomic mass is 10.0. The van der Waals surface area contributed by atoms with Crippen LogP contribution in [0.1, 0.15) is 5.56 Å². The summed E-state index contributed by atoms with van der Waals surface area (Å²) in [6.07, 6.45) is 3.46. The summed E-state index contributed by atoms with van der Waals surface area (Å²) in [4.78, 5) is 16.8. The smallest absolute Gasteiger partial charge is 0.259 e. The van der Waals surface area contributed by atoms with Crippen LogP contribution in [0.5, 0.6) is 5.75 Å². The van der Waals surface area contributed by atoms with Gasteiger partial charge in [-0.1, -0.05) is 42.5 Å². The van der Waals surface area contributed by atoms with Gasteiger partial charge >= 0.3 is 0 Å². The highest BCUT2D eigenvalue weighted by Gasteiger charge is 2.26. The van der Waals surface area contributed by atoms with E-state index in [1.54, 1.807) is 19.5 Å². The third kappa shape index (κ3) is 2.91. The molecule has 1 aliphatic rings. The monoisotopic (exact) mass is 343 g/mol. The normalized spacial score (nSPS) is 14.0. The lowest BCUT2D eigenvalue weighted by Gasteiger charge is -2.08. The van der Waals surface area contributed by atoms with E-state index in [-0.39, 0.29) is 5.91 Å². The fourth-order valence-electron chi connectivity index (χ4n) is 2.91. The van der Waals surface area contributed by atoms with Gasteiger partial charge < -0.3 is 15.4 Å². The molecule has 0 atom stereocenters. The Morgan fingerprint density at radius 1 is 1.04 bits per heavy atom. The van der Waals surface area contributed by atoms with E-state index in [0.29, 0.717) is 17.1 Å². The van der Waals surface area contributed by atoms with Crippen molar-refractivity contribution < 1.29 is 9.53 Å². The van der Waals surface area contributed by atoms with Crippen molar-refractivity contribution in [2.45, 2.75) is 0 Å². The molecule has 26 heavy (non-hydrogen) atoms. The number of nitrogens with one attached hydrogen (secondary N) is 2. The number of carbonyl (C=O) groups excluding carboxylic acids is 1. The first-order valence-electron chi connectivity index (χ1n) is 8.23. The number of anilines is 2. The maximum absolute atomic E-state index is 12.4. The van der Waals surface area contributed by atoms with Crippen LogP contribution in [0, 0.1) is 0 Å². The molecule has 5 nitrogen and oxygen atoms in total. The van der Waals surface area contributed by atoms with E-state index in [2.05, 4.69) is 15.6 Å². The van der Waals surface area contributed by atoms with Gasteiger partial charge in [-0.15, -0.1) is 0 Å². The van der Waals surface area contributed by atoms with Crippen molar-refractivity contribution in [2.24, 2.45) is 0 Å². The first-order valence-corrected chi connectivity index (χ1v) is 8.23. The summed E-state index contributed by atoms with van der Waals surface area (Å²) in [6, 6.07) is 19.5. The molecule has 1 aliphatic heterocycles. The summed E-state index contributed by atoms with van der Waals surface area (Å²) in [5.74, 6) is 1.10. The quantitative estimate of drug-likeness (QED) is 0.698. The molecule has 5 heteroatoms. The summed E-state index contributed by atoms with van der Waals surface area (Å²) in [7, 11) is 1.61. The molecule has 0 unspecified atom stereocenters. The van der Waals surface area contributed by atoms with Gasteiger partial charge in [0.25, 0.3) is 5.91 Å². The molecule has 2 N–H and O–H groups in total. The number of hydrogen-bond donors (Lipinski definition) is 2.